The first-order chi connectivity index (χ1) is 9.42. The van der Waals surface area contributed by atoms with E-state index in [1.54, 1.807) is 6.07 Å². The van der Waals surface area contributed by atoms with Crippen LogP contribution in [0.1, 0.15) is 86.7 Å². The maximum absolute atomic E-state index is 11.3. The lowest BCUT2D eigenvalue weighted by Crippen LogP contribution is -2.05. The van der Waals surface area contributed by atoms with Crippen molar-refractivity contribution in [1.29, 1.82) is 0 Å². The number of aromatic carboxylic acids is 1. The van der Waals surface area contributed by atoms with Crippen LogP contribution in [0.3, 0.4) is 0 Å². The summed E-state index contributed by atoms with van der Waals surface area (Å²) < 4.78 is 0. The molecule has 0 saturated carbocycles. The van der Waals surface area contributed by atoms with E-state index < -0.39 is 5.97 Å². The van der Waals surface area contributed by atoms with Crippen molar-refractivity contribution in [1.82, 2.24) is 0 Å². The van der Waals surface area contributed by atoms with E-state index in [0.717, 1.165) is 36.8 Å². The first kappa shape index (κ1) is 16.5. The molecule has 112 valence electrons. The average Bonchev–Trinajstić information content (AvgIpc) is 2.39. The third-order valence-electron chi connectivity index (χ3n) is 3.94. The van der Waals surface area contributed by atoms with Crippen molar-refractivity contribution >= 4 is 5.97 Å². The fraction of sp³-hybridized carbons (Fsp3) is 0.588. The topological polar surface area (TPSA) is 57.5 Å². The molecule has 1 rings (SSSR count). The van der Waals surface area contributed by atoms with Crippen molar-refractivity contribution in [2.45, 2.75) is 65.2 Å². The van der Waals surface area contributed by atoms with Crippen molar-refractivity contribution in [2.75, 3.05) is 0 Å². The third kappa shape index (κ3) is 3.75. The average molecular weight is 278 g/mol. The van der Waals surface area contributed by atoms with Crippen LogP contribution in [-0.2, 0) is 0 Å². The van der Waals surface area contributed by atoms with Crippen LogP contribution in [-0.4, -0.2) is 16.2 Å². The number of rotatable bonds is 7. The Bertz CT molecular complexity index is 466. The van der Waals surface area contributed by atoms with Gasteiger partial charge in [-0.2, -0.15) is 0 Å². The molecule has 0 bridgehead atoms. The summed E-state index contributed by atoms with van der Waals surface area (Å²) in [6.45, 7) is 8.36. The second kappa shape index (κ2) is 7.32. The number of hydrogen-bond acceptors (Lipinski definition) is 2. The van der Waals surface area contributed by atoms with Gasteiger partial charge >= 0.3 is 5.97 Å². The third-order valence-corrected chi connectivity index (χ3v) is 3.94. The van der Waals surface area contributed by atoms with Crippen LogP contribution in [0.25, 0.3) is 0 Å². The van der Waals surface area contributed by atoms with Gasteiger partial charge in [0, 0.05) is 0 Å². The monoisotopic (exact) mass is 278 g/mol. The minimum atomic E-state index is -1.06. The second-order valence-corrected chi connectivity index (χ2v) is 5.69. The second-order valence-electron chi connectivity index (χ2n) is 5.69. The van der Waals surface area contributed by atoms with E-state index in [0.29, 0.717) is 5.92 Å². The summed E-state index contributed by atoms with van der Waals surface area (Å²) in [5, 5.41) is 19.5. The van der Waals surface area contributed by atoms with E-state index in [4.69, 9.17) is 0 Å². The number of hydrogen-bond donors (Lipinski definition) is 2. The van der Waals surface area contributed by atoms with E-state index in [9.17, 15) is 15.0 Å². The van der Waals surface area contributed by atoms with Gasteiger partial charge < -0.3 is 10.2 Å². The summed E-state index contributed by atoms with van der Waals surface area (Å²) in [5.41, 5.74) is 1.81. The molecule has 0 heterocycles. The zero-order valence-corrected chi connectivity index (χ0v) is 12.9. The Balaban J connectivity index is 3.31. The number of phenols is 1. The lowest BCUT2D eigenvalue weighted by Gasteiger charge is -2.19. The molecule has 0 amide bonds. The molecule has 0 fully saturated rings. The summed E-state index contributed by atoms with van der Waals surface area (Å²) >= 11 is 0. The van der Waals surface area contributed by atoms with Crippen LogP contribution >= 0.6 is 0 Å². The Morgan fingerprint density at radius 2 is 1.65 bits per heavy atom. The first-order valence-corrected chi connectivity index (χ1v) is 7.52. The molecule has 1 aromatic carbocycles. The van der Waals surface area contributed by atoms with Gasteiger partial charge in [0.2, 0.25) is 0 Å². The van der Waals surface area contributed by atoms with Gasteiger partial charge in [0.05, 0.1) is 0 Å². The summed E-state index contributed by atoms with van der Waals surface area (Å²) in [5.74, 6) is -0.637. The van der Waals surface area contributed by atoms with Crippen LogP contribution in [0.4, 0.5) is 0 Å². The normalized spacial score (nSPS) is 14.0. The molecule has 2 N–H and O–H groups in total. The SMILES string of the molecule is CCCC(C)c1cc(C(=O)O)c(O)c(C(C)CCC)c1. The molecular formula is C17H26O3. The van der Waals surface area contributed by atoms with E-state index in [2.05, 4.69) is 20.8 Å². The number of benzene rings is 1. The predicted molar refractivity (Wildman–Crippen MR) is 81.7 cm³/mol. The van der Waals surface area contributed by atoms with Crippen molar-refractivity contribution < 1.29 is 15.0 Å². The molecule has 20 heavy (non-hydrogen) atoms. The number of carboxylic acids is 1. The summed E-state index contributed by atoms with van der Waals surface area (Å²) in [4.78, 5) is 11.3. The van der Waals surface area contributed by atoms with Crippen LogP contribution in [0, 0.1) is 0 Å². The van der Waals surface area contributed by atoms with Gasteiger partial charge in [-0.15, -0.1) is 0 Å². The van der Waals surface area contributed by atoms with Gasteiger partial charge in [-0.1, -0.05) is 46.6 Å². The highest BCUT2D eigenvalue weighted by atomic mass is 16.4. The Hall–Kier alpha value is -1.51. The van der Waals surface area contributed by atoms with Crippen LogP contribution in [0.2, 0.25) is 0 Å². The van der Waals surface area contributed by atoms with Crippen LogP contribution in [0.5, 0.6) is 5.75 Å². The molecule has 0 spiro atoms. The number of aromatic hydroxyl groups is 1. The largest absolute Gasteiger partial charge is 0.507 e. The lowest BCUT2D eigenvalue weighted by molar-refractivity contribution is 0.0693. The van der Waals surface area contributed by atoms with Crippen molar-refractivity contribution in [3.63, 3.8) is 0 Å². The van der Waals surface area contributed by atoms with Gasteiger partial charge in [0.1, 0.15) is 11.3 Å². The minimum absolute atomic E-state index is 0.0309. The molecule has 0 radical (unpaired) electrons. The van der Waals surface area contributed by atoms with Crippen molar-refractivity contribution in [2.24, 2.45) is 0 Å². The molecule has 0 aliphatic heterocycles. The Labute approximate surface area is 121 Å². The fourth-order valence-electron chi connectivity index (χ4n) is 2.69. The van der Waals surface area contributed by atoms with Crippen molar-refractivity contribution in [3.05, 3.63) is 28.8 Å². The zero-order chi connectivity index (χ0) is 15.3. The maximum atomic E-state index is 11.3. The van der Waals surface area contributed by atoms with Gasteiger partial charge in [-0.3, -0.25) is 0 Å². The molecule has 0 aliphatic carbocycles. The first-order valence-electron chi connectivity index (χ1n) is 7.52. The Morgan fingerprint density at radius 3 is 2.15 bits per heavy atom. The molecular weight excluding hydrogens is 252 g/mol. The van der Waals surface area contributed by atoms with Gasteiger partial charge in [0.25, 0.3) is 0 Å². The molecule has 2 unspecified atom stereocenters. The standard InChI is InChI=1S/C17H26O3/c1-5-7-11(3)13-9-14(12(4)8-6-2)16(18)15(10-13)17(19)20/h9-12,18H,5-8H2,1-4H3,(H,19,20). The molecule has 2 atom stereocenters. The van der Waals surface area contributed by atoms with Gasteiger partial charge in [-0.05, 0) is 41.9 Å². The highest BCUT2D eigenvalue weighted by molar-refractivity contribution is 5.91. The highest BCUT2D eigenvalue weighted by Gasteiger charge is 2.20. The minimum Gasteiger partial charge on any atom is -0.507 e. The summed E-state index contributed by atoms with van der Waals surface area (Å²) in [6, 6.07) is 3.61. The van der Waals surface area contributed by atoms with E-state index in [1.807, 2.05) is 13.0 Å². The summed E-state index contributed by atoms with van der Waals surface area (Å²) in [6.07, 6.45) is 4.03. The molecule has 0 aliphatic rings. The molecule has 3 nitrogen and oxygen atoms in total. The predicted octanol–water partition coefficient (Wildman–Crippen LogP) is 4.90. The van der Waals surface area contributed by atoms with E-state index in [-0.39, 0.29) is 17.2 Å². The number of carbonyl (C=O) groups is 1. The van der Waals surface area contributed by atoms with Gasteiger partial charge in [-0.25, -0.2) is 4.79 Å². The smallest absolute Gasteiger partial charge is 0.339 e. The molecule has 0 saturated heterocycles. The fourth-order valence-corrected chi connectivity index (χ4v) is 2.69. The van der Waals surface area contributed by atoms with E-state index in [1.165, 1.54) is 0 Å². The quantitative estimate of drug-likeness (QED) is 0.746. The summed E-state index contributed by atoms with van der Waals surface area (Å²) in [7, 11) is 0. The molecule has 3 heteroatoms. The van der Waals surface area contributed by atoms with E-state index >= 15 is 0 Å². The van der Waals surface area contributed by atoms with Crippen molar-refractivity contribution in [3.8, 4) is 5.75 Å². The van der Waals surface area contributed by atoms with Crippen LogP contribution in [0.15, 0.2) is 12.1 Å². The molecule has 1 aromatic rings. The van der Waals surface area contributed by atoms with Crippen LogP contribution < -0.4 is 0 Å². The highest BCUT2D eigenvalue weighted by Crippen LogP contribution is 2.36. The maximum Gasteiger partial charge on any atom is 0.339 e. The Kier molecular flexibility index (Phi) is 6.05. The zero-order valence-electron chi connectivity index (χ0n) is 12.9. The lowest BCUT2D eigenvalue weighted by atomic mass is 9.87. The number of carboxylic acid groups (broad SMARTS) is 1. The Morgan fingerprint density at radius 1 is 1.10 bits per heavy atom. The molecule has 0 aromatic heterocycles. The van der Waals surface area contributed by atoms with Gasteiger partial charge in [0.15, 0.2) is 0 Å².